The van der Waals surface area contributed by atoms with Gasteiger partial charge in [0.05, 0.1) is 5.56 Å². The Bertz CT molecular complexity index is 384. The van der Waals surface area contributed by atoms with E-state index in [0.29, 0.717) is 5.75 Å². The Kier molecular flexibility index (Phi) is 4.20. The lowest BCUT2D eigenvalue weighted by atomic mass is 10.2. The van der Waals surface area contributed by atoms with Crippen LogP contribution in [0.1, 0.15) is 5.56 Å². The molecule has 0 saturated carbocycles. The maximum atomic E-state index is 12.2. The first-order valence-corrected chi connectivity index (χ1v) is 4.40. The molecule has 1 aromatic rings. The fourth-order valence-corrected chi connectivity index (χ4v) is 0.966. The van der Waals surface area contributed by atoms with E-state index in [1.165, 1.54) is 12.1 Å². The molecule has 2 nitrogen and oxygen atoms in total. The molecule has 0 aromatic heterocycles. The van der Waals surface area contributed by atoms with Gasteiger partial charge in [0.1, 0.15) is 19.0 Å². The number of halogens is 3. The van der Waals surface area contributed by atoms with Gasteiger partial charge in [0, 0.05) is 0 Å². The van der Waals surface area contributed by atoms with Crippen molar-refractivity contribution in [2.75, 3.05) is 13.2 Å². The maximum Gasteiger partial charge on any atom is 0.416 e. The van der Waals surface area contributed by atoms with Gasteiger partial charge in [-0.05, 0) is 24.3 Å². The smallest absolute Gasteiger partial charge is 0.416 e. The third-order valence-electron chi connectivity index (χ3n) is 1.70. The predicted molar refractivity (Wildman–Crippen MR) is 51.8 cm³/mol. The second-order valence-electron chi connectivity index (χ2n) is 2.82. The molecule has 0 saturated heterocycles. The molecule has 86 valence electrons. The molecule has 0 spiro atoms. The Morgan fingerprint density at radius 1 is 1.12 bits per heavy atom. The van der Waals surface area contributed by atoms with Gasteiger partial charge in [0.15, 0.2) is 0 Å². The zero-order valence-corrected chi connectivity index (χ0v) is 8.21. The lowest BCUT2D eigenvalue weighted by molar-refractivity contribution is -0.137. The molecule has 0 aliphatic heterocycles. The lowest BCUT2D eigenvalue weighted by Crippen LogP contribution is -2.04. The average molecular weight is 230 g/mol. The Hall–Kier alpha value is -1.67. The molecule has 0 heterocycles. The highest BCUT2D eigenvalue weighted by Gasteiger charge is 2.29. The third kappa shape index (κ3) is 3.83. The molecule has 0 atom stereocenters. The monoisotopic (exact) mass is 230 g/mol. The number of alkyl halides is 3. The number of hydrogen-bond acceptors (Lipinski definition) is 2. The molecule has 1 N–H and O–H groups in total. The molecule has 0 bridgehead atoms. The van der Waals surface area contributed by atoms with E-state index in [4.69, 9.17) is 9.84 Å². The Balaban J connectivity index is 2.58. The van der Waals surface area contributed by atoms with Crippen molar-refractivity contribution in [3.8, 4) is 17.6 Å². The van der Waals surface area contributed by atoms with E-state index in [1.807, 2.05) is 0 Å². The van der Waals surface area contributed by atoms with E-state index >= 15 is 0 Å². The van der Waals surface area contributed by atoms with Gasteiger partial charge >= 0.3 is 6.18 Å². The van der Waals surface area contributed by atoms with Gasteiger partial charge in [-0.25, -0.2) is 0 Å². The Morgan fingerprint density at radius 2 is 1.75 bits per heavy atom. The van der Waals surface area contributed by atoms with Crippen LogP contribution in [-0.4, -0.2) is 18.3 Å². The van der Waals surface area contributed by atoms with Crippen LogP contribution in [0.2, 0.25) is 0 Å². The molecule has 0 unspecified atom stereocenters. The summed E-state index contributed by atoms with van der Waals surface area (Å²) in [6.07, 6.45) is -4.34. The molecule has 0 fully saturated rings. The quantitative estimate of drug-likeness (QED) is 0.788. The Labute approximate surface area is 90.7 Å². The normalized spacial score (nSPS) is 10.5. The topological polar surface area (TPSA) is 29.5 Å². The summed E-state index contributed by atoms with van der Waals surface area (Å²) in [5, 5.41) is 8.34. The van der Waals surface area contributed by atoms with Crippen LogP contribution in [0.25, 0.3) is 0 Å². The van der Waals surface area contributed by atoms with Crippen LogP contribution in [0.3, 0.4) is 0 Å². The average Bonchev–Trinajstić information content (AvgIpc) is 2.24. The molecule has 0 amide bonds. The molecule has 0 radical (unpaired) electrons. The molecule has 5 heteroatoms. The number of ether oxygens (including phenoxy) is 1. The highest BCUT2D eigenvalue weighted by molar-refractivity contribution is 5.29. The van der Waals surface area contributed by atoms with E-state index in [2.05, 4.69) is 11.8 Å². The highest BCUT2D eigenvalue weighted by Crippen LogP contribution is 2.30. The number of aliphatic hydroxyl groups excluding tert-OH is 1. The second-order valence-corrected chi connectivity index (χ2v) is 2.82. The van der Waals surface area contributed by atoms with Crippen LogP contribution < -0.4 is 4.74 Å². The van der Waals surface area contributed by atoms with Crippen LogP contribution in [0.15, 0.2) is 24.3 Å². The van der Waals surface area contributed by atoms with E-state index in [-0.39, 0.29) is 13.2 Å². The van der Waals surface area contributed by atoms with E-state index in [0.717, 1.165) is 12.1 Å². The van der Waals surface area contributed by atoms with E-state index in [1.54, 1.807) is 0 Å². The number of benzene rings is 1. The molecule has 1 rings (SSSR count). The van der Waals surface area contributed by atoms with Crippen molar-refractivity contribution >= 4 is 0 Å². The summed E-state index contributed by atoms with van der Waals surface area (Å²) in [6.45, 7) is -0.234. The van der Waals surface area contributed by atoms with E-state index in [9.17, 15) is 13.2 Å². The van der Waals surface area contributed by atoms with Crippen molar-refractivity contribution in [2.45, 2.75) is 6.18 Å². The Morgan fingerprint density at radius 3 is 2.25 bits per heavy atom. The molecule has 1 aromatic carbocycles. The fourth-order valence-electron chi connectivity index (χ4n) is 0.966. The fraction of sp³-hybridized carbons (Fsp3) is 0.273. The largest absolute Gasteiger partial charge is 0.481 e. The van der Waals surface area contributed by atoms with Crippen molar-refractivity contribution in [1.82, 2.24) is 0 Å². The van der Waals surface area contributed by atoms with Crippen LogP contribution in [0.5, 0.6) is 5.75 Å². The standard InChI is InChI=1S/C11H9F3O2/c12-11(13,14)9-3-5-10(6-4-9)16-8-2-1-7-15/h3-6,15H,7-8H2. The molecule has 16 heavy (non-hydrogen) atoms. The molecule has 0 aliphatic rings. The molecular formula is C11H9F3O2. The van der Waals surface area contributed by atoms with Crippen molar-refractivity contribution < 1.29 is 23.0 Å². The van der Waals surface area contributed by atoms with Crippen molar-refractivity contribution in [3.63, 3.8) is 0 Å². The summed E-state index contributed by atoms with van der Waals surface area (Å²) in [5.74, 6) is 5.14. The van der Waals surface area contributed by atoms with Gasteiger partial charge in [-0.3, -0.25) is 0 Å². The summed E-state index contributed by atoms with van der Waals surface area (Å²) in [5.41, 5.74) is -0.721. The van der Waals surface area contributed by atoms with Crippen LogP contribution >= 0.6 is 0 Å². The summed E-state index contributed by atoms with van der Waals surface area (Å²) in [6, 6.07) is 4.33. The van der Waals surface area contributed by atoms with Gasteiger partial charge in [0.25, 0.3) is 0 Å². The van der Waals surface area contributed by atoms with Crippen LogP contribution in [0, 0.1) is 11.8 Å². The third-order valence-corrected chi connectivity index (χ3v) is 1.70. The first-order chi connectivity index (χ1) is 7.54. The van der Waals surface area contributed by atoms with Gasteiger partial charge in [-0.1, -0.05) is 11.8 Å². The molecular weight excluding hydrogens is 221 g/mol. The summed E-state index contributed by atoms with van der Waals surface area (Å²) >= 11 is 0. The van der Waals surface area contributed by atoms with Crippen molar-refractivity contribution in [1.29, 1.82) is 0 Å². The summed E-state index contributed by atoms with van der Waals surface area (Å²) in [7, 11) is 0. The molecule has 0 aliphatic carbocycles. The minimum Gasteiger partial charge on any atom is -0.481 e. The van der Waals surface area contributed by atoms with Gasteiger partial charge in [-0.2, -0.15) is 13.2 Å². The van der Waals surface area contributed by atoms with Gasteiger partial charge in [0.2, 0.25) is 0 Å². The minimum absolute atomic E-state index is 0.0337. The lowest BCUT2D eigenvalue weighted by Gasteiger charge is -2.07. The second kappa shape index (κ2) is 5.42. The first kappa shape index (κ1) is 12.4. The SMILES string of the molecule is OCC#CCOc1ccc(C(F)(F)F)cc1. The first-order valence-electron chi connectivity index (χ1n) is 4.40. The highest BCUT2D eigenvalue weighted by atomic mass is 19.4. The van der Waals surface area contributed by atoms with E-state index < -0.39 is 11.7 Å². The van der Waals surface area contributed by atoms with Crippen LogP contribution in [-0.2, 0) is 6.18 Å². The summed E-state index contributed by atoms with van der Waals surface area (Å²) < 4.78 is 41.6. The maximum absolute atomic E-state index is 12.2. The minimum atomic E-state index is -4.34. The van der Waals surface area contributed by atoms with Gasteiger partial charge in [-0.15, -0.1) is 0 Å². The number of hydrogen-bond donors (Lipinski definition) is 1. The van der Waals surface area contributed by atoms with Crippen molar-refractivity contribution in [3.05, 3.63) is 29.8 Å². The summed E-state index contributed by atoms with van der Waals surface area (Å²) in [4.78, 5) is 0. The number of aliphatic hydroxyl groups is 1. The zero-order chi connectivity index (χ0) is 12.0. The van der Waals surface area contributed by atoms with Crippen molar-refractivity contribution in [2.24, 2.45) is 0 Å². The van der Waals surface area contributed by atoms with Crippen LogP contribution in [0.4, 0.5) is 13.2 Å². The number of rotatable bonds is 2. The zero-order valence-electron chi connectivity index (χ0n) is 8.21. The van der Waals surface area contributed by atoms with Gasteiger partial charge < -0.3 is 9.84 Å². The predicted octanol–water partition coefficient (Wildman–Crippen LogP) is 2.08.